The van der Waals surface area contributed by atoms with Gasteiger partial charge >= 0.3 is 0 Å². The largest absolute Gasteiger partial charge is 0.386 e. The molecule has 7 heteroatoms. The van der Waals surface area contributed by atoms with Crippen molar-refractivity contribution in [2.24, 2.45) is 10.7 Å². The number of hydrogen-bond acceptors (Lipinski definition) is 4. The van der Waals surface area contributed by atoms with Crippen molar-refractivity contribution in [3.8, 4) is 0 Å². The maximum Gasteiger partial charge on any atom is 0.162 e. The van der Waals surface area contributed by atoms with Gasteiger partial charge in [0.2, 0.25) is 0 Å². The van der Waals surface area contributed by atoms with E-state index in [1.165, 1.54) is 13.0 Å². The predicted molar refractivity (Wildman–Crippen MR) is 73.4 cm³/mol. The summed E-state index contributed by atoms with van der Waals surface area (Å²) in [6.45, 7) is 1.49. The molecule has 18 heavy (non-hydrogen) atoms. The third-order valence-corrected chi connectivity index (χ3v) is 5.49. The Labute approximate surface area is 108 Å². The van der Waals surface area contributed by atoms with Crippen molar-refractivity contribution in [3.63, 3.8) is 0 Å². The lowest BCUT2D eigenvalue weighted by atomic mass is 10.1. The van der Waals surface area contributed by atoms with Gasteiger partial charge in [0.25, 0.3) is 0 Å². The van der Waals surface area contributed by atoms with E-state index in [0.29, 0.717) is 5.30 Å². The summed E-state index contributed by atoms with van der Waals surface area (Å²) in [4.78, 5) is 4.09. The number of aliphatic imine (C=N–C) groups is 1. The number of benzene rings is 1. The van der Waals surface area contributed by atoms with Crippen LogP contribution in [0.3, 0.4) is 0 Å². The van der Waals surface area contributed by atoms with E-state index in [9.17, 15) is 12.8 Å². The Kier molecular flexibility index (Phi) is 3.43. The smallest absolute Gasteiger partial charge is 0.162 e. The fourth-order valence-electron chi connectivity index (χ4n) is 1.84. The number of nitrogens with zero attached hydrogens (tertiary/aromatic N) is 1. The summed E-state index contributed by atoms with van der Waals surface area (Å²) >= 11 is 0. The van der Waals surface area contributed by atoms with Crippen LogP contribution in [0.1, 0.15) is 18.5 Å². The Morgan fingerprint density at radius 2 is 2.17 bits per heavy atom. The van der Waals surface area contributed by atoms with Gasteiger partial charge in [-0.15, -0.1) is 9.24 Å². The molecule has 0 aromatic heterocycles. The molecule has 0 bridgehead atoms. The summed E-state index contributed by atoms with van der Waals surface area (Å²) in [5.41, 5.74) is 5.87. The van der Waals surface area contributed by atoms with Crippen LogP contribution in [0.15, 0.2) is 23.2 Å². The zero-order valence-electron chi connectivity index (χ0n) is 9.80. The van der Waals surface area contributed by atoms with E-state index < -0.39 is 26.9 Å². The van der Waals surface area contributed by atoms with Crippen LogP contribution in [0.25, 0.3) is 0 Å². The summed E-state index contributed by atoms with van der Waals surface area (Å²) < 4.78 is 37.5. The van der Waals surface area contributed by atoms with Gasteiger partial charge in [-0.05, 0) is 18.3 Å². The van der Waals surface area contributed by atoms with Gasteiger partial charge in [-0.25, -0.2) is 12.8 Å². The molecule has 4 nitrogen and oxygen atoms in total. The van der Waals surface area contributed by atoms with E-state index in [4.69, 9.17) is 5.73 Å². The Morgan fingerprint density at radius 1 is 1.50 bits per heavy atom. The summed E-state index contributed by atoms with van der Waals surface area (Å²) in [5.74, 6) is -0.628. The van der Waals surface area contributed by atoms with E-state index in [1.807, 2.05) is 0 Å². The summed E-state index contributed by atoms with van der Waals surface area (Å²) in [6.07, 6.45) is 0. The van der Waals surface area contributed by atoms with E-state index in [0.717, 1.165) is 0 Å². The molecule has 1 aromatic carbocycles. The van der Waals surface area contributed by atoms with Crippen molar-refractivity contribution in [2.45, 2.75) is 18.2 Å². The van der Waals surface area contributed by atoms with Crippen LogP contribution in [0, 0.1) is 5.82 Å². The maximum atomic E-state index is 13.8. The minimum absolute atomic E-state index is 0.0422. The zero-order chi connectivity index (χ0) is 13.5. The van der Waals surface area contributed by atoms with Gasteiger partial charge in [-0.1, -0.05) is 12.1 Å². The molecular weight excluding hydrogens is 274 g/mol. The van der Waals surface area contributed by atoms with Crippen LogP contribution in [-0.4, -0.2) is 25.3 Å². The molecule has 0 fully saturated rings. The van der Waals surface area contributed by atoms with Crippen molar-refractivity contribution in [1.29, 1.82) is 0 Å². The molecule has 98 valence electrons. The zero-order valence-corrected chi connectivity index (χ0v) is 11.8. The first kappa shape index (κ1) is 13.4. The highest BCUT2D eigenvalue weighted by Crippen LogP contribution is 2.27. The van der Waals surface area contributed by atoms with Crippen LogP contribution in [-0.2, 0) is 9.84 Å². The second kappa shape index (κ2) is 4.59. The minimum atomic E-state index is -3.36. The third-order valence-electron chi connectivity index (χ3n) is 3.03. The third kappa shape index (κ3) is 2.40. The Bertz CT molecular complexity index is 615. The van der Waals surface area contributed by atoms with Crippen molar-refractivity contribution in [1.82, 2.24) is 0 Å². The number of hydrogen-bond donors (Lipinski definition) is 1. The average molecular weight is 288 g/mol. The van der Waals surface area contributed by atoms with Crippen LogP contribution in [0.4, 0.5) is 4.39 Å². The molecule has 1 aliphatic rings. The number of sulfone groups is 1. The molecular formula is C11H14FN2O2PS. The average Bonchev–Trinajstić information content (AvgIpc) is 2.25. The van der Waals surface area contributed by atoms with Gasteiger partial charge in [-0.3, -0.25) is 4.99 Å². The molecule has 0 amide bonds. The topological polar surface area (TPSA) is 72.5 Å². The lowest BCUT2D eigenvalue weighted by molar-refractivity contribution is 0.568. The Balaban J connectivity index is 2.47. The minimum Gasteiger partial charge on any atom is -0.386 e. The summed E-state index contributed by atoms with van der Waals surface area (Å²) in [5, 5.41) is -0.0990. The first-order valence-electron chi connectivity index (χ1n) is 5.41. The highest BCUT2D eigenvalue weighted by molar-refractivity contribution is 7.92. The van der Waals surface area contributed by atoms with Crippen molar-refractivity contribution >= 4 is 30.2 Å². The second-order valence-corrected chi connectivity index (χ2v) is 7.36. The molecule has 0 saturated carbocycles. The predicted octanol–water partition coefficient (Wildman–Crippen LogP) is 0.541. The number of amidine groups is 1. The monoisotopic (exact) mass is 288 g/mol. The highest BCUT2D eigenvalue weighted by Gasteiger charge is 2.34. The van der Waals surface area contributed by atoms with Gasteiger partial charge in [0, 0.05) is 5.56 Å². The normalized spacial score (nSPS) is 26.7. The maximum absolute atomic E-state index is 13.8. The second-order valence-electron chi connectivity index (χ2n) is 4.32. The van der Waals surface area contributed by atoms with Crippen LogP contribution >= 0.6 is 9.24 Å². The molecule has 3 atom stereocenters. The summed E-state index contributed by atoms with van der Waals surface area (Å²) in [6, 6.07) is 3.82. The van der Waals surface area contributed by atoms with Gasteiger partial charge < -0.3 is 5.73 Å². The molecule has 2 N–H and O–H groups in total. The molecule has 1 aromatic rings. The van der Waals surface area contributed by atoms with E-state index in [2.05, 4.69) is 14.2 Å². The SMILES string of the molecule is CC1C(N)=NC(c2ccc(P)cc2F)CS1(=O)=O. The van der Waals surface area contributed by atoms with Gasteiger partial charge in [0.05, 0.1) is 11.8 Å². The molecule has 1 heterocycles. The fraction of sp³-hybridized carbons (Fsp3) is 0.364. The van der Waals surface area contributed by atoms with Crippen molar-refractivity contribution in [2.75, 3.05) is 5.75 Å². The molecule has 3 unspecified atom stereocenters. The Hall–Kier alpha value is -1.00. The lowest BCUT2D eigenvalue weighted by Gasteiger charge is -2.24. The van der Waals surface area contributed by atoms with E-state index >= 15 is 0 Å². The van der Waals surface area contributed by atoms with Gasteiger partial charge in [0.15, 0.2) is 9.84 Å². The quantitative estimate of drug-likeness (QED) is 0.767. The Morgan fingerprint density at radius 3 is 2.72 bits per heavy atom. The number of halogens is 1. The number of rotatable bonds is 1. The van der Waals surface area contributed by atoms with E-state index in [-0.39, 0.29) is 17.2 Å². The molecule has 0 aliphatic carbocycles. The highest BCUT2D eigenvalue weighted by atomic mass is 32.2. The van der Waals surface area contributed by atoms with Crippen LogP contribution in [0.2, 0.25) is 0 Å². The molecule has 0 radical (unpaired) electrons. The van der Waals surface area contributed by atoms with Crippen molar-refractivity contribution in [3.05, 3.63) is 29.6 Å². The van der Waals surface area contributed by atoms with Crippen LogP contribution in [0.5, 0.6) is 0 Å². The van der Waals surface area contributed by atoms with Crippen molar-refractivity contribution < 1.29 is 12.8 Å². The summed E-state index contributed by atoms with van der Waals surface area (Å²) in [7, 11) is -0.982. The first-order valence-corrected chi connectivity index (χ1v) is 7.70. The van der Waals surface area contributed by atoms with Gasteiger partial charge in [0.1, 0.15) is 16.9 Å². The lowest BCUT2D eigenvalue weighted by Crippen LogP contribution is -2.40. The first-order chi connectivity index (χ1) is 8.31. The van der Waals surface area contributed by atoms with E-state index in [1.54, 1.807) is 12.1 Å². The van der Waals surface area contributed by atoms with Crippen LogP contribution < -0.4 is 11.0 Å². The standard InChI is InChI=1S/C11H14FN2O2PS/c1-6-11(13)14-10(5-18(6,15)16)8-3-2-7(17)4-9(8)12/h2-4,6,10H,5,17H2,1H3,(H2,13,14). The molecule has 2 rings (SSSR count). The molecule has 0 saturated heterocycles. The van der Waals surface area contributed by atoms with Gasteiger partial charge in [-0.2, -0.15) is 0 Å². The fourth-order valence-corrected chi connectivity index (χ4v) is 3.50. The molecule has 1 aliphatic heterocycles. The number of nitrogens with two attached hydrogens (primary N) is 1. The molecule has 0 spiro atoms.